The van der Waals surface area contributed by atoms with Gasteiger partial charge in [-0.3, -0.25) is 34.4 Å². The summed E-state index contributed by atoms with van der Waals surface area (Å²) in [5.74, 6) is -0.437. The number of furan rings is 1. The van der Waals surface area contributed by atoms with Crippen molar-refractivity contribution in [2.24, 2.45) is 11.1 Å². The number of hydrogen-bond acceptors (Lipinski definition) is 8. The van der Waals surface area contributed by atoms with Gasteiger partial charge in [-0.15, -0.1) is 11.3 Å². The SMILES string of the molecule is CC(C)(C)C(=O)/C=c1\sc(=Cc2ccc(-c3cccc([N+](=O)[O-])c3)o2)c(=O)n1CC(=O)NC(N)=O. The van der Waals surface area contributed by atoms with Crippen molar-refractivity contribution in [2.75, 3.05) is 0 Å². The molecule has 0 bridgehead atoms. The predicted molar refractivity (Wildman–Crippen MR) is 129 cm³/mol. The van der Waals surface area contributed by atoms with Crippen LogP contribution in [0.5, 0.6) is 0 Å². The fourth-order valence-electron chi connectivity index (χ4n) is 2.93. The quantitative estimate of drug-likeness (QED) is 0.383. The Bertz CT molecular complexity index is 1510. The van der Waals surface area contributed by atoms with Crippen LogP contribution in [0.1, 0.15) is 26.5 Å². The molecule has 2 aromatic heterocycles. The number of thiazole rings is 1. The van der Waals surface area contributed by atoms with E-state index >= 15 is 0 Å². The number of urea groups is 1. The smallest absolute Gasteiger partial charge is 0.318 e. The zero-order valence-electron chi connectivity index (χ0n) is 19.1. The second kappa shape index (κ2) is 9.89. The molecule has 0 aliphatic carbocycles. The first-order chi connectivity index (χ1) is 16.3. The summed E-state index contributed by atoms with van der Waals surface area (Å²) in [6.45, 7) is 4.62. The first-order valence-electron chi connectivity index (χ1n) is 10.3. The minimum atomic E-state index is -1.06. The third-order valence-corrected chi connectivity index (χ3v) is 5.80. The number of hydrogen-bond donors (Lipinski definition) is 2. The van der Waals surface area contributed by atoms with E-state index < -0.39 is 34.4 Å². The van der Waals surface area contributed by atoms with Crippen molar-refractivity contribution in [3.63, 3.8) is 0 Å². The highest BCUT2D eigenvalue weighted by molar-refractivity contribution is 7.07. The minimum Gasteiger partial charge on any atom is -0.457 e. The van der Waals surface area contributed by atoms with Crippen LogP contribution in [0.25, 0.3) is 23.5 Å². The number of Topliss-reactive ketones (excluding diaryl/α,β-unsaturated/α-hetero) is 1. The lowest BCUT2D eigenvalue weighted by atomic mass is 9.91. The van der Waals surface area contributed by atoms with Gasteiger partial charge in [0.2, 0.25) is 5.91 Å². The highest BCUT2D eigenvalue weighted by Gasteiger charge is 2.20. The number of aromatic nitrogens is 1. The second-order valence-corrected chi connectivity index (χ2v) is 9.58. The van der Waals surface area contributed by atoms with Crippen molar-refractivity contribution in [2.45, 2.75) is 27.3 Å². The van der Waals surface area contributed by atoms with Gasteiger partial charge in [0.15, 0.2) is 5.78 Å². The van der Waals surface area contributed by atoms with Crippen molar-refractivity contribution in [1.82, 2.24) is 9.88 Å². The van der Waals surface area contributed by atoms with Crippen LogP contribution in [0, 0.1) is 15.5 Å². The van der Waals surface area contributed by atoms with E-state index in [0.717, 1.165) is 15.9 Å². The molecule has 3 N–H and O–H groups in total. The molecule has 3 amide bonds. The number of nitrogens with one attached hydrogen (secondary N) is 1. The third-order valence-electron chi connectivity index (χ3n) is 4.74. The molecule has 0 aliphatic rings. The molecule has 35 heavy (non-hydrogen) atoms. The molecule has 0 fully saturated rings. The number of primary amides is 1. The summed E-state index contributed by atoms with van der Waals surface area (Å²) in [5.41, 5.74) is 4.06. The van der Waals surface area contributed by atoms with Crippen LogP contribution in [-0.2, 0) is 16.1 Å². The van der Waals surface area contributed by atoms with Gasteiger partial charge in [-0.1, -0.05) is 32.9 Å². The molecule has 12 heteroatoms. The van der Waals surface area contributed by atoms with Crippen molar-refractivity contribution in [3.8, 4) is 11.3 Å². The van der Waals surface area contributed by atoms with Crippen LogP contribution in [0.3, 0.4) is 0 Å². The van der Waals surface area contributed by atoms with Gasteiger partial charge in [0.25, 0.3) is 11.2 Å². The topological polar surface area (TPSA) is 168 Å². The van der Waals surface area contributed by atoms with Crippen LogP contribution >= 0.6 is 11.3 Å². The fraction of sp³-hybridized carbons (Fsp3) is 0.217. The largest absolute Gasteiger partial charge is 0.457 e. The minimum absolute atomic E-state index is 0.0940. The van der Waals surface area contributed by atoms with E-state index in [2.05, 4.69) is 0 Å². The maximum atomic E-state index is 13.0. The molecule has 0 radical (unpaired) electrons. The first kappa shape index (κ1) is 25.3. The summed E-state index contributed by atoms with van der Waals surface area (Å²) in [4.78, 5) is 59.2. The van der Waals surface area contributed by atoms with Crippen LogP contribution in [0.4, 0.5) is 10.5 Å². The van der Waals surface area contributed by atoms with Gasteiger partial charge in [0.1, 0.15) is 22.7 Å². The highest BCUT2D eigenvalue weighted by atomic mass is 32.1. The molecule has 3 aromatic rings. The summed E-state index contributed by atoms with van der Waals surface area (Å²) in [7, 11) is 0. The monoisotopic (exact) mass is 498 g/mol. The number of rotatable bonds is 6. The third kappa shape index (κ3) is 6.18. The van der Waals surface area contributed by atoms with E-state index in [1.165, 1.54) is 30.4 Å². The van der Waals surface area contributed by atoms with E-state index in [1.807, 2.05) is 5.32 Å². The van der Waals surface area contributed by atoms with E-state index in [4.69, 9.17) is 10.2 Å². The van der Waals surface area contributed by atoms with E-state index in [-0.39, 0.29) is 26.4 Å². The maximum Gasteiger partial charge on any atom is 0.318 e. The Morgan fingerprint density at radius 2 is 1.94 bits per heavy atom. The van der Waals surface area contributed by atoms with Crippen LogP contribution < -0.4 is 25.8 Å². The molecular formula is C23H22N4O7S. The van der Waals surface area contributed by atoms with Crippen molar-refractivity contribution in [3.05, 3.63) is 71.8 Å². The summed E-state index contributed by atoms with van der Waals surface area (Å²) in [6, 6.07) is 8.03. The number of carbonyl (C=O) groups is 3. The zero-order valence-corrected chi connectivity index (χ0v) is 19.9. The number of nitrogens with two attached hydrogens (primary N) is 1. The molecule has 11 nitrogen and oxygen atoms in total. The number of imide groups is 1. The Morgan fingerprint density at radius 1 is 1.23 bits per heavy atom. The van der Waals surface area contributed by atoms with Gasteiger partial charge in [-0.25, -0.2) is 4.79 Å². The number of nitro groups is 1. The Morgan fingerprint density at radius 3 is 2.57 bits per heavy atom. The molecule has 3 rings (SSSR count). The van der Waals surface area contributed by atoms with Crippen molar-refractivity contribution >= 4 is 46.9 Å². The summed E-state index contributed by atoms with van der Waals surface area (Å²) >= 11 is 0.971. The number of ketones is 1. The van der Waals surface area contributed by atoms with Crippen LogP contribution in [0.2, 0.25) is 0 Å². The number of benzene rings is 1. The van der Waals surface area contributed by atoms with Gasteiger partial charge in [0, 0.05) is 35.3 Å². The van der Waals surface area contributed by atoms with Crippen molar-refractivity contribution in [1.29, 1.82) is 0 Å². The molecule has 182 valence electrons. The lowest BCUT2D eigenvalue weighted by Crippen LogP contribution is -2.42. The molecule has 0 spiro atoms. The fourth-order valence-corrected chi connectivity index (χ4v) is 3.95. The molecule has 1 aromatic carbocycles. The molecular weight excluding hydrogens is 476 g/mol. The lowest BCUT2D eigenvalue weighted by Gasteiger charge is -2.12. The zero-order chi connectivity index (χ0) is 25.9. The molecule has 0 unspecified atom stereocenters. The van der Waals surface area contributed by atoms with E-state index in [0.29, 0.717) is 11.3 Å². The second-order valence-electron chi connectivity index (χ2n) is 8.52. The van der Waals surface area contributed by atoms with Crippen molar-refractivity contribution < 1.29 is 23.7 Å². The average molecular weight is 499 g/mol. The average Bonchev–Trinajstić information content (AvgIpc) is 3.33. The number of nitro benzene ring substituents is 1. The maximum absolute atomic E-state index is 13.0. The molecule has 2 heterocycles. The number of amides is 3. The Kier molecular flexibility index (Phi) is 7.15. The van der Waals surface area contributed by atoms with Gasteiger partial charge in [-0.2, -0.15) is 0 Å². The number of non-ortho nitro benzene ring substituents is 1. The number of nitrogens with zero attached hydrogens (tertiary/aromatic N) is 2. The van der Waals surface area contributed by atoms with Gasteiger partial charge in [0.05, 0.1) is 9.46 Å². The van der Waals surface area contributed by atoms with Gasteiger partial charge < -0.3 is 10.2 Å². The first-order valence-corrected chi connectivity index (χ1v) is 11.1. The molecule has 0 saturated heterocycles. The summed E-state index contributed by atoms with van der Waals surface area (Å²) in [5, 5.41) is 12.9. The predicted octanol–water partition coefficient (Wildman–Crippen LogP) is 1.50. The Hall–Kier alpha value is -4.32. The lowest BCUT2D eigenvalue weighted by molar-refractivity contribution is -0.384. The molecule has 0 atom stereocenters. The molecule has 0 aliphatic heterocycles. The standard InChI is InChI=1S/C23H22N4O7S/c1-23(2,3)18(28)11-20-26(12-19(29)25-22(24)31)21(30)17(35-20)10-15-7-8-16(34-15)13-5-4-6-14(9-13)27(32)33/h4-11H,12H2,1-3H3,(H3,24,25,29,31)/b17-10?,20-11-. The Labute approximate surface area is 202 Å². The van der Waals surface area contributed by atoms with Crippen LogP contribution in [0.15, 0.2) is 45.6 Å². The summed E-state index contributed by atoms with van der Waals surface area (Å²) < 4.78 is 7.20. The summed E-state index contributed by atoms with van der Waals surface area (Å²) in [6.07, 6.45) is 2.72. The number of carbonyl (C=O) groups excluding carboxylic acids is 3. The van der Waals surface area contributed by atoms with E-state index in [1.54, 1.807) is 39.0 Å². The highest BCUT2D eigenvalue weighted by Crippen LogP contribution is 2.26. The normalized spacial score (nSPS) is 12.5. The van der Waals surface area contributed by atoms with Gasteiger partial charge in [-0.05, 0) is 12.1 Å². The Balaban J connectivity index is 2.08. The van der Waals surface area contributed by atoms with Gasteiger partial charge >= 0.3 is 6.03 Å². The van der Waals surface area contributed by atoms with E-state index in [9.17, 15) is 29.3 Å². The van der Waals surface area contributed by atoms with Crippen LogP contribution in [-0.4, -0.2) is 27.2 Å². The molecule has 0 saturated carbocycles.